The van der Waals surface area contributed by atoms with Crippen LogP contribution in [0.1, 0.15) is 5.69 Å². The smallest absolute Gasteiger partial charge is 0.115 e. The minimum Gasteiger partial charge on any atom is -0.383 e. The van der Waals surface area contributed by atoms with Crippen LogP contribution in [0.2, 0.25) is 0 Å². The zero-order chi connectivity index (χ0) is 8.81. The van der Waals surface area contributed by atoms with Gasteiger partial charge in [-0.15, -0.1) is 11.6 Å². The number of aromatic nitrogens is 2. The van der Waals surface area contributed by atoms with E-state index in [1.807, 2.05) is 6.07 Å². The lowest BCUT2D eigenvalue weighted by molar-refractivity contribution is 0.197. The molecule has 1 heterocycles. The van der Waals surface area contributed by atoms with Crippen molar-refractivity contribution < 1.29 is 4.74 Å². The molecule has 1 atom stereocenters. The lowest BCUT2D eigenvalue weighted by Gasteiger charge is -2.06. The van der Waals surface area contributed by atoms with Crippen molar-refractivity contribution in [2.45, 2.75) is 11.8 Å². The first kappa shape index (κ1) is 9.42. The lowest BCUT2D eigenvalue weighted by atomic mass is 10.2. The number of hydrogen-bond donors (Lipinski definition) is 0. The normalized spacial score (nSPS) is 12.8. The second-order valence-corrected chi connectivity index (χ2v) is 3.07. The first-order chi connectivity index (χ1) is 5.83. The summed E-state index contributed by atoms with van der Waals surface area (Å²) in [4.78, 5) is 7.86. The van der Waals surface area contributed by atoms with Crippen LogP contribution in [0.15, 0.2) is 18.6 Å². The van der Waals surface area contributed by atoms with E-state index in [0.717, 1.165) is 12.1 Å². The quantitative estimate of drug-likeness (QED) is 0.665. The summed E-state index contributed by atoms with van der Waals surface area (Å²) in [5.41, 5.74) is 0.946. The largest absolute Gasteiger partial charge is 0.383 e. The fourth-order valence-electron chi connectivity index (χ4n) is 0.906. The van der Waals surface area contributed by atoms with Crippen molar-refractivity contribution in [3.63, 3.8) is 0 Å². The van der Waals surface area contributed by atoms with Gasteiger partial charge in [0.1, 0.15) is 6.33 Å². The van der Waals surface area contributed by atoms with Crippen LogP contribution in [0.5, 0.6) is 0 Å². The Morgan fingerprint density at radius 3 is 3.08 bits per heavy atom. The molecule has 12 heavy (non-hydrogen) atoms. The van der Waals surface area contributed by atoms with Crippen molar-refractivity contribution >= 4 is 11.6 Å². The van der Waals surface area contributed by atoms with Gasteiger partial charge in [-0.2, -0.15) is 0 Å². The summed E-state index contributed by atoms with van der Waals surface area (Å²) < 4.78 is 4.90. The summed E-state index contributed by atoms with van der Waals surface area (Å²) in [7, 11) is 1.63. The van der Waals surface area contributed by atoms with Gasteiger partial charge in [0.15, 0.2) is 0 Å². The predicted octanol–water partition coefficient (Wildman–Crippen LogP) is 1.27. The van der Waals surface area contributed by atoms with Gasteiger partial charge >= 0.3 is 0 Å². The first-order valence-corrected chi connectivity index (χ1v) is 4.14. The number of hydrogen-bond acceptors (Lipinski definition) is 3. The van der Waals surface area contributed by atoms with Crippen molar-refractivity contribution in [2.75, 3.05) is 13.7 Å². The second-order valence-electron chi connectivity index (χ2n) is 2.46. The Morgan fingerprint density at radius 1 is 1.67 bits per heavy atom. The average Bonchev–Trinajstić information content (AvgIpc) is 2.06. The summed E-state index contributed by atoms with van der Waals surface area (Å²) in [6.07, 6.45) is 3.95. The standard InChI is InChI=1S/C8H11ClN2O/c1-12-5-7(9)4-8-2-3-10-6-11-8/h2-3,6-7H,4-5H2,1H3. The molecule has 0 bridgehead atoms. The maximum absolute atomic E-state index is 5.93. The number of methoxy groups -OCH3 is 1. The van der Waals surface area contributed by atoms with Crippen molar-refractivity contribution in [2.24, 2.45) is 0 Å². The van der Waals surface area contributed by atoms with Crippen LogP contribution in [-0.2, 0) is 11.2 Å². The molecule has 0 saturated heterocycles. The Balaban J connectivity index is 2.41. The molecule has 4 heteroatoms. The topological polar surface area (TPSA) is 35.0 Å². The number of ether oxygens (including phenoxy) is 1. The van der Waals surface area contributed by atoms with Crippen LogP contribution < -0.4 is 0 Å². The number of halogens is 1. The Labute approximate surface area is 76.7 Å². The molecule has 0 aliphatic carbocycles. The van der Waals surface area contributed by atoms with Gasteiger partial charge in [-0.05, 0) is 6.07 Å². The van der Waals surface area contributed by atoms with Crippen molar-refractivity contribution in [3.8, 4) is 0 Å². The van der Waals surface area contributed by atoms with Crippen molar-refractivity contribution in [3.05, 3.63) is 24.3 Å². The Kier molecular flexibility index (Phi) is 3.97. The summed E-state index contributed by atoms with van der Waals surface area (Å²) in [6, 6.07) is 1.85. The molecule has 0 radical (unpaired) electrons. The molecule has 0 saturated carbocycles. The van der Waals surface area contributed by atoms with Gasteiger partial charge in [0.25, 0.3) is 0 Å². The third-order valence-electron chi connectivity index (χ3n) is 1.42. The Hall–Kier alpha value is -0.670. The van der Waals surface area contributed by atoms with E-state index in [1.165, 1.54) is 6.33 Å². The summed E-state index contributed by atoms with van der Waals surface area (Å²) in [5.74, 6) is 0. The predicted molar refractivity (Wildman–Crippen MR) is 47.3 cm³/mol. The SMILES string of the molecule is COCC(Cl)Cc1ccncn1. The van der Waals surface area contributed by atoms with E-state index in [9.17, 15) is 0 Å². The van der Waals surface area contributed by atoms with Crippen LogP contribution in [-0.4, -0.2) is 29.1 Å². The Bertz CT molecular complexity index is 218. The van der Waals surface area contributed by atoms with Gasteiger partial charge in [-0.3, -0.25) is 0 Å². The molecule has 0 amide bonds. The Morgan fingerprint density at radius 2 is 2.50 bits per heavy atom. The van der Waals surface area contributed by atoms with Gasteiger partial charge < -0.3 is 4.74 Å². The number of rotatable bonds is 4. The molecular formula is C8H11ClN2O. The maximum atomic E-state index is 5.93. The fourth-order valence-corrected chi connectivity index (χ4v) is 1.19. The van der Waals surface area contributed by atoms with Gasteiger partial charge in [-0.25, -0.2) is 9.97 Å². The lowest BCUT2D eigenvalue weighted by Crippen LogP contribution is -2.11. The third-order valence-corrected chi connectivity index (χ3v) is 1.70. The van der Waals surface area contributed by atoms with Crippen LogP contribution >= 0.6 is 11.6 Å². The molecule has 3 nitrogen and oxygen atoms in total. The summed E-state index contributed by atoms with van der Waals surface area (Å²) >= 11 is 5.93. The molecule has 0 aliphatic rings. The van der Waals surface area contributed by atoms with E-state index < -0.39 is 0 Å². The molecule has 0 spiro atoms. The van der Waals surface area contributed by atoms with Crippen molar-refractivity contribution in [1.82, 2.24) is 9.97 Å². The average molecular weight is 187 g/mol. The van der Waals surface area contributed by atoms with Crippen LogP contribution in [0.4, 0.5) is 0 Å². The van der Waals surface area contributed by atoms with Gasteiger partial charge in [0, 0.05) is 25.4 Å². The molecule has 1 unspecified atom stereocenters. The molecule has 66 valence electrons. The zero-order valence-electron chi connectivity index (χ0n) is 6.90. The minimum absolute atomic E-state index is 0.00935. The monoisotopic (exact) mass is 186 g/mol. The van der Waals surface area contributed by atoms with Crippen molar-refractivity contribution in [1.29, 1.82) is 0 Å². The second kappa shape index (κ2) is 5.06. The van der Waals surface area contributed by atoms with E-state index in [0.29, 0.717) is 6.61 Å². The highest BCUT2D eigenvalue weighted by Gasteiger charge is 2.05. The fraction of sp³-hybridized carbons (Fsp3) is 0.500. The third kappa shape index (κ3) is 3.15. The highest BCUT2D eigenvalue weighted by molar-refractivity contribution is 6.20. The molecule has 0 N–H and O–H groups in total. The molecule has 1 rings (SSSR count). The van der Waals surface area contributed by atoms with Gasteiger partial charge in [0.05, 0.1) is 12.0 Å². The zero-order valence-corrected chi connectivity index (χ0v) is 7.66. The van der Waals surface area contributed by atoms with Crippen LogP contribution in [0.3, 0.4) is 0 Å². The highest BCUT2D eigenvalue weighted by Crippen LogP contribution is 2.04. The summed E-state index contributed by atoms with van der Waals surface area (Å²) in [6.45, 7) is 0.547. The molecule has 0 fully saturated rings. The van der Waals surface area contributed by atoms with Crippen LogP contribution in [0, 0.1) is 0 Å². The van der Waals surface area contributed by atoms with Gasteiger partial charge in [-0.1, -0.05) is 0 Å². The first-order valence-electron chi connectivity index (χ1n) is 3.71. The molecule has 1 aromatic heterocycles. The summed E-state index contributed by atoms with van der Waals surface area (Å²) in [5, 5.41) is -0.00935. The highest BCUT2D eigenvalue weighted by atomic mass is 35.5. The maximum Gasteiger partial charge on any atom is 0.115 e. The minimum atomic E-state index is -0.00935. The van der Waals surface area contributed by atoms with Gasteiger partial charge in [0.2, 0.25) is 0 Å². The van der Waals surface area contributed by atoms with E-state index >= 15 is 0 Å². The van der Waals surface area contributed by atoms with E-state index in [1.54, 1.807) is 13.3 Å². The number of nitrogens with zero attached hydrogens (tertiary/aromatic N) is 2. The molecule has 0 aromatic carbocycles. The van der Waals surface area contributed by atoms with E-state index in [-0.39, 0.29) is 5.38 Å². The van der Waals surface area contributed by atoms with Crippen LogP contribution in [0.25, 0.3) is 0 Å². The molecular weight excluding hydrogens is 176 g/mol. The molecule has 0 aliphatic heterocycles. The molecule has 1 aromatic rings. The van der Waals surface area contributed by atoms with E-state index in [2.05, 4.69) is 9.97 Å². The number of alkyl halides is 1. The van der Waals surface area contributed by atoms with E-state index in [4.69, 9.17) is 16.3 Å².